The van der Waals surface area contributed by atoms with Gasteiger partial charge in [-0.15, -0.1) is 4.68 Å². The fourth-order valence-corrected chi connectivity index (χ4v) is 6.38. The molecule has 2 heterocycles. The molecule has 0 amide bonds. The molecule has 37 heavy (non-hydrogen) atoms. The van der Waals surface area contributed by atoms with E-state index in [9.17, 15) is 0 Å². The van der Waals surface area contributed by atoms with Crippen molar-refractivity contribution in [2.45, 2.75) is 93.0 Å². The monoisotopic (exact) mass is 494 g/mol. The lowest BCUT2D eigenvalue weighted by molar-refractivity contribution is -0.586. The lowest BCUT2D eigenvalue weighted by Crippen LogP contribution is -2.36. The van der Waals surface area contributed by atoms with Gasteiger partial charge in [-0.2, -0.15) is 0 Å². The number of hydrogen-bond acceptors (Lipinski definition) is 0. The SMILES string of the molecule is [2H]C([2H])([2H])c1cccc2c1c1cccc(C(C)C)c1[n+]1c2c(-c2c(C(C)C)cccc2C(C)C)c(C)n1C(C)C. The second-order valence-corrected chi connectivity index (χ2v) is 11.8. The maximum atomic E-state index is 8.51. The first kappa shape index (κ1) is 21.9. The Labute approximate surface area is 227 Å². The second-order valence-electron chi connectivity index (χ2n) is 11.8. The highest BCUT2D eigenvalue weighted by molar-refractivity contribution is 6.15. The van der Waals surface area contributed by atoms with Crippen molar-refractivity contribution in [3.8, 4) is 11.1 Å². The summed E-state index contributed by atoms with van der Waals surface area (Å²) >= 11 is 0. The number of benzene rings is 3. The summed E-state index contributed by atoms with van der Waals surface area (Å²) in [5.41, 5.74) is 10.2. The van der Waals surface area contributed by atoms with E-state index in [4.69, 9.17) is 4.11 Å². The first-order chi connectivity index (χ1) is 18.8. The Morgan fingerprint density at radius 1 is 0.649 bits per heavy atom. The van der Waals surface area contributed by atoms with E-state index in [-0.39, 0.29) is 12.0 Å². The predicted molar refractivity (Wildman–Crippen MR) is 160 cm³/mol. The minimum absolute atomic E-state index is 0.196. The van der Waals surface area contributed by atoms with Crippen LogP contribution in [-0.2, 0) is 0 Å². The molecule has 2 heteroatoms. The van der Waals surface area contributed by atoms with Gasteiger partial charge in [-0.1, -0.05) is 88.5 Å². The van der Waals surface area contributed by atoms with Crippen molar-refractivity contribution in [1.82, 2.24) is 4.68 Å². The van der Waals surface area contributed by atoms with Crippen LogP contribution in [0.1, 0.15) is 111 Å². The smallest absolute Gasteiger partial charge is 0.149 e. The molecule has 3 aromatic carbocycles. The molecular formula is C35H43N2+. The molecule has 0 aliphatic carbocycles. The van der Waals surface area contributed by atoms with Crippen molar-refractivity contribution in [3.05, 3.63) is 82.5 Å². The van der Waals surface area contributed by atoms with Crippen molar-refractivity contribution in [3.63, 3.8) is 0 Å². The van der Waals surface area contributed by atoms with Gasteiger partial charge in [0, 0.05) is 15.1 Å². The average molecular weight is 495 g/mol. The quantitative estimate of drug-likeness (QED) is 0.170. The average Bonchev–Trinajstić information content (AvgIpc) is 3.19. The summed E-state index contributed by atoms with van der Waals surface area (Å²) in [4.78, 5) is 0. The molecule has 0 spiro atoms. The minimum Gasteiger partial charge on any atom is -0.149 e. The Morgan fingerprint density at radius 2 is 1.16 bits per heavy atom. The van der Waals surface area contributed by atoms with Gasteiger partial charge in [0.15, 0.2) is 0 Å². The third-order valence-corrected chi connectivity index (χ3v) is 7.97. The van der Waals surface area contributed by atoms with Gasteiger partial charge in [-0.25, -0.2) is 0 Å². The van der Waals surface area contributed by atoms with E-state index < -0.39 is 6.85 Å². The van der Waals surface area contributed by atoms with E-state index in [0.29, 0.717) is 17.4 Å². The van der Waals surface area contributed by atoms with Gasteiger partial charge in [-0.3, -0.25) is 0 Å². The number of aromatic nitrogens is 2. The van der Waals surface area contributed by atoms with E-state index >= 15 is 0 Å². The zero-order valence-electron chi connectivity index (χ0n) is 26.9. The van der Waals surface area contributed by atoms with Gasteiger partial charge in [0.05, 0.1) is 28.1 Å². The van der Waals surface area contributed by atoms with Crippen LogP contribution in [0.2, 0.25) is 0 Å². The Bertz CT molecular complexity index is 1720. The van der Waals surface area contributed by atoms with Crippen LogP contribution >= 0.6 is 0 Å². The van der Waals surface area contributed by atoms with Crippen LogP contribution in [0.4, 0.5) is 0 Å². The number of nitrogens with zero attached hydrogens (tertiary/aromatic N) is 2. The molecule has 0 aliphatic rings. The summed E-state index contributed by atoms with van der Waals surface area (Å²) in [6.07, 6.45) is 0. The third-order valence-electron chi connectivity index (χ3n) is 7.97. The molecule has 0 fully saturated rings. The Hall–Kier alpha value is -3.13. The van der Waals surface area contributed by atoms with Gasteiger partial charge in [0.25, 0.3) is 5.52 Å². The number of pyridine rings is 1. The topological polar surface area (TPSA) is 9.03 Å². The first-order valence-corrected chi connectivity index (χ1v) is 13.8. The summed E-state index contributed by atoms with van der Waals surface area (Å²) in [5, 5.41) is 2.83. The van der Waals surface area contributed by atoms with E-state index in [1.54, 1.807) is 6.07 Å². The lowest BCUT2D eigenvalue weighted by atomic mass is 9.83. The molecule has 0 unspecified atom stereocenters. The summed E-state index contributed by atoms with van der Waals surface area (Å²) in [6.45, 7) is 18.0. The van der Waals surface area contributed by atoms with Crippen LogP contribution in [0.3, 0.4) is 0 Å². The molecule has 192 valence electrons. The van der Waals surface area contributed by atoms with Crippen molar-refractivity contribution >= 4 is 27.2 Å². The molecule has 0 bridgehead atoms. The highest BCUT2D eigenvalue weighted by Gasteiger charge is 2.34. The van der Waals surface area contributed by atoms with Crippen molar-refractivity contribution in [1.29, 1.82) is 0 Å². The van der Waals surface area contributed by atoms with Crippen LogP contribution < -0.4 is 4.52 Å². The van der Waals surface area contributed by atoms with Crippen LogP contribution in [0.25, 0.3) is 38.3 Å². The maximum Gasteiger partial charge on any atom is 0.254 e. The molecule has 0 N–H and O–H groups in total. The lowest BCUT2D eigenvalue weighted by Gasteiger charge is -2.19. The summed E-state index contributed by atoms with van der Waals surface area (Å²) < 4.78 is 30.4. The highest BCUT2D eigenvalue weighted by atomic mass is 15.4. The second kappa shape index (κ2) is 9.31. The molecule has 0 saturated carbocycles. The molecule has 0 saturated heterocycles. The van der Waals surface area contributed by atoms with Crippen LogP contribution in [0, 0.1) is 13.8 Å². The molecule has 0 atom stereocenters. The van der Waals surface area contributed by atoms with Crippen LogP contribution in [0.15, 0.2) is 54.6 Å². The van der Waals surface area contributed by atoms with Gasteiger partial charge in [0.1, 0.15) is 0 Å². The summed E-state index contributed by atoms with van der Waals surface area (Å²) in [7, 11) is 0. The predicted octanol–water partition coefficient (Wildman–Crippen LogP) is 9.77. The Morgan fingerprint density at radius 3 is 1.70 bits per heavy atom. The molecule has 5 rings (SSSR count). The van der Waals surface area contributed by atoms with Gasteiger partial charge in [-0.05, 0) is 79.8 Å². The molecule has 0 radical (unpaired) electrons. The van der Waals surface area contributed by atoms with Crippen LogP contribution in [-0.4, -0.2) is 4.68 Å². The molecule has 5 aromatic rings. The third kappa shape index (κ3) is 3.79. The standard InChI is InChI=1S/C35H43N2/c1-20(2)26-15-12-16-27(21(3)4)33(26)32-25(10)36(23(7)8)37-34-28(22(5)6)17-13-19-29(34)31-24(9)14-11-18-30(31)35(32)37/h11-23H,1-10H3/q+1/i9D3. The fourth-order valence-electron chi connectivity index (χ4n) is 6.38. The molecular weight excluding hydrogens is 448 g/mol. The number of aryl methyl sites for hydroxylation is 1. The first-order valence-electron chi connectivity index (χ1n) is 15.3. The summed E-state index contributed by atoms with van der Waals surface area (Å²) in [5.74, 6) is 0.947. The zero-order valence-corrected chi connectivity index (χ0v) is 23.9. The van der Waals surface area contributed by atoms with E-state index in [1.165, 1.54) is 33.5 Å². The van der Waals surface area contributed by atoms with E-state index in [0.717, 1.165) is 27.2 Å². The Balaban J connectivity index is 2.22. The van der Waals surface area contributed by atoms with E-state index in [2.05, 4.69) is 114 Å². The minimum atomic E-state index is -2.23. The van der Waals surface area contributed by atoms with Crippen molar-refractivity contribution < 1.29 is 8.63 Å². The fraction of sp³-hybridized carbons (Fsp3) is 0.400. The van der Waals surface area contributed by atoms with Crippen molar-refractivity contribution in [2.24, 2.45) is 0 Å². The zero-order chi connectivity index (χ0) is 29.3. The molecule has 2 aromatic heterocycles. The maximum absolute atomic E-state index is 8.51. The number of para-hydroxylation sites is 1. The number of hydrogen-bond donors (Lipinski definition) is 0. The van der Waals surface area contributed by atoms with Gasteiger partial charge in [0.2, 0.25) is 5.52 Å². The van der Waals surface area contributed by atoms with Crippen molar-refractivity contribution in [2.75, 3.05) is 0 Å². The summed E-state index contributed by atoms with van der Waals surface area (Å²) in [6, 6.07) is 19.2. The number of fused-ring (bicyclic) bond motifs is 6. The molecule has 2 nitrogen and oxygen atoms in total. The largest absolute Gasteiger partial charge is 0.254 e. The van der Waals surface area contributed by atoms with Gasteiger partial charge >= 0.3 is 0 Å². The van der Waals surface area contributed by atoms with Crippen LogP contribution in [0.5, 0.6) is 0 Å². The molecule has 0 aliphatic heterocycles. The Kier molecular flexibility index (Phi) is 5.52. The highest BCUT2D eigenvalue weighted by Crippen LogP contribution is 2.43. The normalized spacial score (nSPS) is 14.0. The van der Waals surface area contributed by atoms with Gasteiger partial charge < -0.3 is 0 Å². The van der Waals surface area contributed by atoms with E-state index in [1.807, 2.05) is 6.07 Å². The number of rotatable bonds is 5.